The molecule has 190 valence electrons. The lowest BCUT2D eigenvalue weighted by Crippen LogP contribution is -2.33. The minimum absolute atomic E-state index is 0.217. The van der Waals surface area contributed by atoms with Crippen LogP contribution in [0.3, 0.4) is 0 Å². The van der Waals surface area contributed by atoms with Crippen molar-refractivity contribution in [1.82, 2.24) is 10.5 Å². The fourth-order valence-electron chi connectivity index (χ4n) is 4.85. The predicted octanol–water partition coefficient (Wildman–Crippen LogP) is 6.43. The summed E-state index contributed by atoms with van der Waals surface area (Å²) < 4.78 is 18.2. The Hall–Kier alpha value is -3.26. The lowest BCUT2D eigenvalue weighted by molar-refractivity contribution is -0.132. The molecule has 0 amide bonds. The van der Waals surface area contributed by atoms with Crippen molar-refractivity contribution in [2.24, 2.45) is 0 Å². The Balaban J connectivity index is 1.22. The fraction of sp³-hybridized carbons (Fsp3) is 0.286. The quantitative estimate of drug-likeness (QED) is 0.437. The predicted molar refractivity (Wildman–Crippen MR) is 139 cm³/mol. The van der Waals surface area contributed by atoms with Crippen molar-refractivity contribution in [3.05, 3.63) is 98.1 Å². The van der Waals surface area contributed by atoms with Gasteiger partial charge in [0.25, 0.3) is 0 Å². The molecule has 2 atom stereocenters. The first kappa shape index (κ1) is 24.1. The van der Waals surface area contributed by atoms with Gasteiger partial charge in [-0.1, -0.05) is 46.1 Å². The lowest BCUT2D eigenvalue weighted by Gasteiger charge is -2.25. The number of aromatic nitrogens is 1. The second kappa shape index (κ2) is 9.56. The fourth-order valence-corrected chi connectivity index (χ4v) is 5.42. The van der Waals surface area contributed by atoms with E-state index in [1.54, 1.807) is 30.4 Å². The SMILES string of the molecule is CC1=C2C=CC(C(=O)O)=CC2OC2=C(C1)NC(OCc1c(-c3c(Cl)cccc3Cl)noc1C1CC1)C=C2. The Labute approximate surface area is 223 Å². The van der Waals surface area contributed by atoms with Gasteiger partial charge in [-0.05, 0) is 61.8 Å². The Bertz CT molecular complexity index is 1420. The molecule has 0 bridgehead atoms. The van der Waals surface area contributed by atoms with E-state index in [0.717, 1.165) is 41.0 Å². The van der Waals surface area contributed by atoms with Crippen molar-refractivity contribution >= 4 is 29.2 Å². The summed E-state index contributed by atoms with van der Waals surface area (Å²) in [7, 11) is 0. The lowest BCUT2D eigenvalue weighted by atomic mass is 9.94. The topological polar surface area (TPSA) is 93.8 Å². The van der Waals surface area contributed by atoms with E-state index in [1.165, 1.54) is 0 Å². The summed E-state index contributed by atoms with van der Waals surface area (Å²) in [5, 5.41) is 18.1. The summed E-state index contributed by atoms with van der Waals surface area (Å²) in [6.45, 7) is 2.29. The molecular formula is C28H24Cl2N2O5. The van der Waals surface area contributed by atoms with Gasteiger partial charge in [-0.2, -0.15) is 0 Å². The number of nitrogens with one attached hydrogen (secondary N) is 1. The molecule has 6 rings (SSSR count). The zero-order chi connectivity index (χ0) is 25.7. The number of halogens is 2. The molecule has 1 saturated carbocycles. The first-order valence-electron chi connectivity index (χ1n) is 12.1. The number of carboxylic acids is 1. The standard InChI is InChI=1S/C28H24Cl2N2O5/c1-14-11-21-22(36-23-12-16(28(33)34)7-8-17(14)23)9-10-24(31-21)35-13-18-26(32-37-27(18)15-5-6-15)25-19(29)3-2-4-20(25)30/h2-4,7-10,12,15,23-24,31H,5-6,11,13H2,1H3,(H,33,34). The molecule has 3 heterocycles. The molecule has 2 unspecified atom stereocenters. The maximum atomic E-state index is 11.4. The monoisotopic (exact) mass is 538 g/mol. The van der Waals surface area contributed by atoms with Crippen molar-refractivity contribution in [3.63, 3.8) is 0 Å². The molecule has 0 saturated heterocycles. The van der Waals surface area contributed by atoms with E-state index in [9.17, 15) is 9.90 Å². The number of benzene rings is 1. The second-order valence-corrected chi connectivity index (χ2v) is 10.3. The number of hydrogen-bond donors (Lipinski definition) is 2. The number of carbonyl (C=O) groups is 1. The van der Waals surface area contributed by atoms with Crippen LogP contribution in [-0.2, 0) is 20.9 Å². The van der Waals surface area contributed by atoms with Crippen LogP contribution in [0, 0.1) is 0 Å². The van der Waals surface area contributed by atoms with Crippen LogP contribution in [0.25, 0.3) is 11.3 Å². The number of fused-ring (bicyclic) bond motifs is 1. The molecule has 2 aliphatic heterocycles. The Morgan fingerprint density at radius 3 is 2.73 bits per heavy atom. The van der Waals surface area contributed by atoms with Gasteiger partial charge in [-0.15, -0.1) is 0 Å². The number of hydrogen-bond acceptors (Lipinski definition) is 6. The van der Waals surface area contributed by atoms with Crippen LogP contribution >= 0.6 is 23.2 Å². The summed E-state index contributed by atoms with van der Waals surface area (Å²) in [6, 6.07) is 5.36. The summed E-state index contributed by atoms with van der Waals surface area (Å²) in [6.07, 6.45) is 10.7. The molecule has 7 nitrogen and oxygen atoms in total. The molecule has 1 aromatic carbocycles. The average Bonchev–Trinajstić information content (AvgIpc) is 3.65. The van der Waals surface area contributed by atoms with Gasteiger partial charge < -0.3 is 24.4 Å². The Kier molecular flexibility index (Phi) is 6.23. The third-order valence-electron chi connectivity index (χ3n) is 6.93. The zero-order valence-corrected chi connectivity index (χ0v) is 21.5. The minimum Gasteiger partial charge on any atom is -0.480 e. The molecular weight excluding hydrogens is 515 g/mol. The number of nitrogens with zero attached hydrogens (tertiary/aromatic N) is 1. The maximum absolute atomic E-state index is 11.4. The van der Waals surface area contributed by atoms with Gasteiger partial charge >= 0.3 is 5.97 Å². The van der Waals surface area contributed by atoms with Gasteiger partial charge in [-0.25, -0.2) is 4.79 Å². The van der Waals surface area contributed by atoms with Crippen LogP contribution in [0.4, 0.5) is 0 Å². The largest absolute Gasteiger partial charge is 0.480 e. The Morgan fingerprint density at radius 2 is 2.00 bits per heavy atom. The molecule has 9 heteroatoms. The van der Waals surface area contributed by atoms with Crippen LogP contribution in [0.5, 0.6) is 0 Å². The van der Waals surface area contributed by atoms with Crippen LogP contribution in [0.1, 0.15) is 43.4 Å². The number of dihydropyridines is 1. The molecule has 0 spiro atoms. The molecule has 4 aliphatic rings. The number of allylic oxidation sites excluding steroid dienone is 2. The molecule has 0 radical (unpaired) electrons. The second-order valence-electron chi connectivity index (χ2n) is 9.53. The normalized spacial score (nSPS) is 22.6. The summed E-state index contributed by atoms with van der Waals surface area (Å²) in [5.74, 6) is 0.844. The van der Waals surface area contributed by atoms with Crippen molar-refractivity contribution in [3.8, 4) is 11.3 Å². The van der Waals surface area contributed by atoms with E-state index < -0.39 is 18.3 Å². The van der Waals surface area contributed by atoms with Crippen molar-refractivity contribution in [2.45, 2.75) is 51.0 Å². The van der Waals surface area contributed by atoms with E-state index in [-0.39, 0.29) is 12.2 Å². The highest BCUT2D eigenvalue weighted by molar-refractivity contribution is 6.39. The van der Waals surface area contributed by atoms with Gasteiger partial charge in [0.15, 0.2) is 0 Å². The molecule has 1 fully saturated rings. The van der Waals surface area contributed by atoms with Crippen LogP contribution in [-0.4, -0.2) is 28.6 Å². The molecule has 2 aromatic rings. The van der Waals surface area contributed by atoms with Crippen LogP contribution < -0.4 is 5.32 Å². The zero-order valence-electron chi connectivity index (χ0n) is 20.0. The van der Waals surface area contributed by atoms with Gasteiger partial charge in [0, 0.05) is 23.5 Å². The molecule has 2 aliphatic carbocycles. The highest BCUT2D eigenvalue weighted by Crippen LogP contribution is 2.46. The van der Waals surface area contributed by atoms with Crippen molar-refractivity contribution < 1.29 is 23.9 Å². The van der Waals surface area contributed by atoms with Gasteiger partial charge in [0.05, 0.1) is 27.9 Å². The summed E-state index contributed by atoms with van der Waals surface area (Å²) in [5.41, 5.74) is 5.26. The van der Waals surface area contributed by atoms with Crippen molar-refractivity contribution in [2.75, 3.05) is 0 Å². The maximum Gasteiger partial charge on any atom is 0.335 e. The van der Waals surface area contributed by atoms with Crippen LogP contribution in [0.2, 0.25) is 10.0 Å². The van der Waals surface area contributed by atoms with Crippen LogP contribution in [0.15, 0.2) is 81.3 Å². The number of carboxylic acid groups (broad SMARTS) is 1. The number of aliphatic carboxylic acids is 1. The molecule has 1 aromatic heterocycles. The highest BCUT2D eigenvalue weighted by atomic mass is 35.5. The van der Waals surface area contributed by atoms with E-state index >= 15 is 0 Å². The minimum atomic E-state index is -0.975. The van der Waals surface area contributed by atoms with E-state index in [2.05, 4.69) is 10.5 Å². The average molecular weight is 539 g/mol. The number of ether oxygens (including phenoxy) is 2. The first-order valence-corrected chi connectivity index (χ1v) is 12.9. The van der Waals surface area contributed by atoms with E-state index in [4.69, 9.17) is 37.2 Å². The summed E-state index contributed by atoms with van der Waals surface area (Å²) in [4.78, 5) is 11.4. The first-order chi connectivity index (χ1) is 17.9. The third-order valence-corrected chi connectivity index (χ3v) is 7.56. The van der Waals surface area contributed by atoms with E-state index in [1.807, 2.05) is 25.2 Å². The molecule has 37 heavy (non-hydrogen) atoms. The Morgan fingerprint density at radius 1 is 1.22 bits per heavy atom. The molecule has 2 N–H and O–H groups in total. The van der Waals surface area contributed by atoms with Gasteiger partial charge in [0.2, 0.25) is 0 Å². The smallest absolute Gasteiger partial charge is 0.335 e. The third kappa shape index (κ3) is 4.63. The summed E-state index contributed by atoms with van der Waals surface area (Å²) >= 11 is 13.0. The van der Waals surface area contributed by atoms with Crippen molar-refractivity contribution in [1.29, 1.82) is 0 Å². The van der Waals surface area contributed by atoms with E-state index in [0.29, 0.717) is 39.4 Å². The highest BCUT2D eigenvalue weighted by Gasteiger charge is 2.34. The number of rotatable bonds is 6. The van der Waals surface area contributed by atoms with Gasteiger partial charge in [-0.3, -0.25) is 0 Å². The van der Waals surface area contributed by atoms with Gasteiger partial charge in [0.1, 0.15) is 29.5 Å².